The molecule has 0 amide bonds. The average molecular weight is 370 g/mol. The molecule has 25 heavy (non-hydrogen) atoms. The third-order valence-electron chi connectivity index (χ3n) is 3.74. The molecule has 0 saturated carbocycles. The summed E-state index contributed by atoms with van der Waals surface area (Å²) in [6, 6.07) is 14.3. The molecule has 0 aromatic heterocycles. The number of benzene rings is 3. The average Bonchev–Trinajstić information content (AvgIpc) is 2.66. The molecule has 0 bridgehead atoms. The zero-order chi connectivity index (χ0) is 18.2. The number of hydrogen-bond acceptors (Lipinski definition) is 1. The van der Waals surface area contributed by atoms with Gasteiger partial charge in [-0.3, -0.25) is 4.21 Å². The van der Waals surface area contributed by atoms with Crippen molar-refractivity contribution >= 4 is 9.93 Å². The van der Waals surface area contributed by atoms with Crippen molar-refractivity contribution < 1.29 is 26.2 Å². The predicted octanol–water partition coefficient (Wildman–Crippen LogP) is 4.88. The second kappa shape index (κ2) is 6.40. The summed E-state index contributed by atoms with van der Waals surface area (Å²) < 4.78 is 83.2. The van der Waals surface area contributed by atoms with Gasteiger partial charge in [0.1, 0.15) is 4.90 Å². The van der Waals surface area contributed by atoms with Crippen LogP contribution in [0.15, 0.2) is 75.4 Å². The fourth-order valence-corrected chi connectivity index (χ4v) is 5.30. The van der Waals surface area contributed by atoms with Crippen LogP contribution in [-0.4, -0.2) is 4.21 Å². The SMILES string of the molecule is O=[SH](c1ccccc1)(c1ccccc1)c1c(F)c(F)c(F)c(F)c1F. The minimum atomic E-state index is -4.32. The molecule has 0 fully saturated rings. The molecule has 0 spiro atoms. The maximum atomic E-state index is 14.4. The lowest BCUT2D eigenvalue weighted by molar-refractivity contribution is 0.359. The normalized spacial score (nSPS) is 12.2. The number of halogens is 5. The van der Waals surface area contributed by atoms with E-state index in [2.05, 4.69) is 0 Å². The summed E-state index contributed by atoms with van der Waals surface area (Å²) in [4.78, 5) is -1.39. The molecule has 0 aliphatic heterocycles. The fraction of sp³-hybridized carbons (Fsp3) is 0. The van der Waals surface area contributed by atoms with Crippen LogP contribution in [0.3, 0.4) is 0 Å². The molecule has 1 nitrogen and oxygen atoms in total. The molecule has 3 aromatic carbocycles. The van der Waals surface area contributed by atoms with Gasteiger partial charge >= 0.3 is 0 Å². The lowest BCUT2D eigenvalue weighted by atomic mass is 10.3. The molecule has 0 radical (unpaired) electrons. The number of thiol groups is 1. The zero-order valence-electron chi connectivity index (χ0n) is 12.5. The van der Waals surface area contributed by atoms with E-state index in [1.54, 1.807) is 12.1 Å². The van der Waals surface area contributed by atoms with Crippen molar-refractivity contribution in [3.05, 3.63) is 89.7 Å². The Balaban J connectivity index is 2.46. The third kappa shape index (κ3) is 2.64. The Labute approximate surface area is 141 Å². The predicted molar refractivity (Wildman–Crippen MR) is 83.5 cm³/mol. The Hall–Kier alpha value is -2.54. The van der Waals surface area contributed by atoms with E-state index in [4.69, 9.17) is 0 Å². The highest BCUT2D eigenvalue weighted by Gasteiger charge is 2.36. The first kappa shape index (κ1) is 17.3. The monoisotopic (exact) mass is 370 g/mol. The second-order valence-corrected chi connectivity index (χ2v) is 7.90. The van der Waals surface area contributed by atoms with E-state index in [0.29, 0.717) is 0 Å². The fourth-order valence-electron chi connectivity index (χ4n) is 2.55. The highest BCUT2D eigenvalue weighted by Crippen LogP contribution is 2.40. The molecule has 3 rings (SSSR count). The van der Waals surface area contributed by atoms with Crippen LogP contribution in [0.4, 0.5) is 22.0 Å². The summed E-state index contributed by atoms with van der Waals surface area (Å²) in [5, 5.41) is 0. The maximum absolute atomic E-state index is 14.4. The van der Waals surface area contributed by atoms with Crippen molar-refractivity contribution in [3.8, 4) is 0 Å². The Morgan fingerprint density at radius 2 is 0.840 bits per heavy atom. The van der Waals surface area contributed by atoms with E-state index >= 15 is 0 Å². The van der Waals surface area contributed by atoms with Gasteiger partial charge < -0.3 is 0 Å². The van der Waals surface area contributed by atoms with E-state index in [-0.39, 0.29) is 9.79 Å². The topological polar surface area (TPSA) is 17.1 Å². The summed E-state index contributed by atoms with van der Waals surface area (Å²) in [6.45, 7) is 0. The minimum Gasteiger partial charge on any atom is -0.271 e. The van der Waals surface area contributed by atoms with Crippen molar-refractivity contribution in [3.63, 3.8) is 0 Å². The van der Waals surface area contributed by atoms with E-state index in [1.807, 2.05) is 0 Å². The van der Waals surface area contributed by atoms with Crippen molar-refractivity contribution in [2.45, 2.75) is 14.7 Å². The summed E-state index contributed by atoms with van der Waals surface area (Å²) in [5.41, 5.74) is 0. The van der Waals surface area contributed by atoms with Crippen LogP contribution in [0, 0.1) is 29.1 Å². The Kier molecular flexibility index (Phi) is 4.43. The van der Waals surface area contributed by atoms with Crippen LogP contribution in [-0.2, 0) is 9.93 Å². The molecule has 0 aliphatic rings. The standard InChI is InChI=1S/C18H11F5OS/c19-13-14(20)16(22)18(17(23)15(13)21)25(24,11-7-3-1-4-8-11)12-9-5-2-6-10-12/h1-10,25H. The van der Waals surface area contributed by atoms with Crippen LogP contribution in [0.5, 0.6) is 0 Å². The van der Waals surface area contributed by atoms with Crippen LogP contribution >= 0.6 is 0 Å². The van der Waals surface area contributed by atoms with Gasteiger partial charge in [-0.05, 0) is 34.2 Å². The van der Waals surface area contributed by atoms with Crippen LogP contribution in [0.1, 0.15) is 0 Å². The van der Waals surface area contributed by atoms with Gasteiger partial charge in [0.2, 0.25) is 5.82 Å². The molecule has 0 atom stereocenters. The van der Waals surface area contributed by atoms with Gasteiger partial charge in [-0.2, -0.15) is 0 Å². The molecule has 0 heterocycles. The van der Waals surface area contributed by atoms with Crippen molar-refractivity contribution in [2.75, 3.05) is 0 Å². The smallest absolute Gasteiger partial charge is 0.200 e. The van der Waals surface area contributed by atoms with Gasteiger partial charge in [-0.25, -0.2) is 22.0 Å². The van der Waals surface area contributed by atoms with E-state index in [1.165, 1.54) is 48.5 Å². The van der Waals surface area contributed by atoms with Crippen LogP contribution < -0.4 is 0 Å². The molecule has 7 heteroatoms. The second-order valence-electron chi connectivity index (χ2n) is 5.20. The van der Waals surface area contributed by atoms with Crippen molar-refractivity contribution in [2.24, 2.45) is 0 Å². The van der Waals surface area contributed by atoms with E-state index < -0.39 is 43.9 Å². The highest BCUT2D eigenvalue weighted by atomic mass is 32.2. The molecule has 0 unspecified atom stereocenters. The Bertz CT molecular complexity index is 901. The Morgan fingerprint density at radius 3 is 1.20 bits per heavy atom. The summed E-state index contributed by atoms with van der Waals surface area (Å²) >= 11 is 0. The zero-order valence-corrected chi connectivity index (χ0v) is 13.4. The van der Waals surface area contributed by atoms with Gasteiger partial charge in [-0.15, -0.1) is 0 Å². The van der Waals surface area contributed by atoms with Gasteiger partial charge in [0.15, 0.2) is 23.3 Å². The molecule has 0 aliphatic carbocycles. The first-order valence-corrected chi connectivity index (χ1v) is 8.83. The summed E-state index contributed by atoms with van der Waals surface area (Å²) in [5.74, 6) is -10.7. The number of rotatable bonds is 3. The lowest BCUT2D eigenvalue weighted by Crippen LogP contribution is -2.20. The summed E-state index contributed by atoms with van der Waals surface area (Å²) in [7, 11) is -4.32. The van der Waals surface area contributed by atoms with Gasteiger partial charge in [0.05, 0.1) is 0 Å². The Morgan fingerprint density at radius 1 is 0.520 bits per heavy atom. The molecular weight excluding hydrogens is 359 g/mol. The van der Waals surface area contributed by atoms with Crippen molar-refractivity contribution in [1.82, 2.24) is 0 Å². The first-order chi connectivity index (χ1) is 11.9. The van der Waals surface area contributed by atoms with Crippen molar-refractivity contribution in [1.29, 1.82) is 0 Å². The molecule has 130 valence electrons. The summed E-state index contributed by atoms with van der Waals surface area (Å²) in [6.07, 6.45) is 0. The van der Waals surface area contributed by atoms with Gasteiger partial charge in [-0.1, -0.05) is 36.4 Å². The minimum absolute atomic E-state index is 0.0376. The largest absolute Gasteiger partial charge is 0.271 e. The lowest BCUT2D eigenvalue weighted by Gasteiger charge is -2.26. The van der Waals surface area contributed by atoms with Crippen LogP contribution in [0.2, 0.25) is 0 Å². The van der Waals surface area contributed by atoms with Gasteiger partial charge in [0, 0.05) is 9.79 Å². The highest BCUT2D eigenvalue weighted by molar-refractivity contribution is 8.03. The maximum Gasteiger partial charge on any atom is 0.200 e. The molecule has 0 saturated heterocycles. The van der Waals surface area contributed by atoms with E-state index in [0.717, 1.165) is 0 Å². The quantitative estimate of drug-likeness (QED) is 0.301. The van der Waals surface area contributed by atoms with Crippen LogP contribution in [0.25, 0.3) is 0 Å². The number of hydrogen-bond donors (Lipinski definition) is 1. The molecule has 0 N–H and O–H groups in total. The van der Waals surface area contributed by atoms with E-state index in [9.17, 15) is 26.2 Å². The van der Waals surface area contributed by atoms with Gasteiger partial charge in [0.25, 0.3) is 0 Å². The third-order valence-corrected chi connectivity index (χ3v) is 6.81. The first-order valence-electron chi connectivity index (χ1n) is 7.12. The molecular formula is C18H11F5OS. The molecule has 3 aromatic rings.